The summed E-state index contributed by atoms with van der Waals surface area (Å²) in [6.07, 6.45) is 3.65. The molecule has 0 saturated carbocycles. The lowest BCUT2D eigenvalue weighted by Crippen LogP contribution is -2.37. The van der Waals surface area contributed by atoms with Crippen LogP contribution >= 0.6 is 0 Å². The van der Waals surface area contributed by atoms with Gasteiger partial charge in [-0.05, 0) is 42.7 Å². The molecular weight excluding hydrogens is 402 g/mol. The molecule has 0 aliphatic heterocycles. The van der Waals surface area contributed by atoms with Crippen molar-refractivity contribution in [1.82, 2.24) is 9.88 Å². The third-order valence-corrected chi connectivity index (χ3v) is 5.34. The number of carbonyl (C=O) groups excluding carboxylic acids is 1. The molecule has 0 radical (unpaired) electrons. The summed E-state index contributed by atoms with van der Waals surface area (Å²) in [5.74, 6) is -1.52. The molecule has 2 aromatic carbocycles. The first-order valence-electron chi connectivity index (χ1n) is 10.3. The standard InChI is InChI=1S/C24H26F2N2O3/c1-4-6-16(5-2)27-24(30)18-14-28(13-15-7-9-17(31-3)10-8-15)22-20(26)12-11-19(25)21(22)23(18)29/h7-12,14,16H,4-6,13H2,1-3H3,(H,27,30). The number of methoxy groups -OCH3 is 1. The average molecular weight is 428 g/mol. The van der Waals surface area contributed by atoms with Crippen molar-refractivity contribution in [3.63, 3.8) is 0 Å². The van der Waals surface area contributed by atoms with Gasteiger partial charge in [0.05, 0.1) is 18.0 Å². The minimum atomic E-state index is -0.861. The summed E-state index contributed by atoms with van der Waals surface area (Å²) in [6.45, 7) is 4.09. The van der Waals surface area contributed by atoms with Gasteiger partial charge in [0.15, 0.2) is 0 Å². The number of hydrogen-bond acceptors (Lipinski definition) is 3. The highest BCUT2D eigenvalue weighted by atomic mass is 19.1. The number of aromatic nitrogens is 1. The molecule has 1 N–H and O–H groups in total. The third-order valence-electron chi connectivity index (χ3n) is 5.34. The van der Waals surface area contributed by atoms with Crippen LogP contribution in [0.3, 0.4) is 0 Å². The van der Waals surface area contributed by atoms with Gasteiger partial charge in [-0.3, -0.25) is 9.59 Å². The van der Waals surface area contributed by atoms with Gasteiger partial charge >= 0.3 is 0 Å². The summed E-state index contributed by atoms with van der Waals surface area (Å²) < 4.78 is 35.8. The van der Waals surface area contributed by atoms with E-state index in [4.69, 9.17) is 4.74 Å². The highest BCUT2D eigenvalue weighted by Gasteiger charge is 2.22. The van der Waals surface area contributed by atoms with Crippen molar-refractivity contribution in [2.24, 2.45) is 0 Å². The number of nitrogens with zero attached hydrogens (tertiary/aromatic N) is 1. The van der Waals surface area contributed by atoms with E-state index in [9.17, 15) is 18.4 Å². The largest absolute Gasteiger partial charge is 0.497 e. The Kier molecular flexibility index (Phi) is 7.05. The molecule has 0 aliphatic carbocycles. The number of rotatable bonds is 8. The molecule has 5 nitrogen and oxygen atoms in total. The van der Waals surface area contributed by atoms with Gasteiger partial charge in [0.1, 0.15) is 22.9 Å². The zero-order valence-electron chi connectivity index (χ0n) is 17.9. The normalized spacial score (nSPS) is 12.0. The fraction of sp³-hybridized carbons (Fsp3) is 0.333. The summed E-state index contributed by atoms with van der Waals surface area (Å²) in [6, 6.07) is 8.87. The predicted octanol–water partition coefficient (Wildman–Crippen LogP) is 4.65. The Balaban J connectivity index is 2.13. The van der Waals surface area contributed by atoms with Crippen LogP contribution in [0.2, 0.25) is 0 Å². The van der Waals surface area contributed by atoms with Crippen LogP contribution in [0.4, 0.5) is 8.78 Å². The molecule has 1 aromatic heterocycles. The van der Waals surface area contributed by atoms with Crippen molar-refractivity contribution in [3.05, 3.63) is 75.6 Å². The van der Waals surface area contributed by atoms with E-state index in [2.05, 4.69) is 5.32 Å². The van der Waals surface area contributed by atoms with E-state index in [1.807, 2.05) is 13.8 Å². The van der Waals surface area contributed by atoms with Crippen LogP contribution in [0.5, 0.6) is 5.75 Å². The van der Waals surface area contributed by atoms with Crippen molar-refractivity contribution < 1.29 is 18.3 Å². The fourth-order valence-electron chi connectivity index (χ4n) is 3.66. The maximum Gasteiger partial charge on any atom is 0.256 e. The second kappa shape index (κ2) is 9.73. The Labute approximate surface area is 179 Å². The van der Waals surface area contributed by atoms with E-state index in [0.717, 1.165) is 30.5 Å². The lowest BCUT2D eigenvalue weighted by Gasteiger charge is -2.18. The molecule has 164 valence electrons. The minimum Gasteiger partial charge on any atom is -0.497 e. The van der Waals surface area contributed by atoms with Crippen LogP contribution < -0.4 is 15.5 Å². The lowest BCUT2D eigenvalue weighted by atomic mass is 10.1. The molecule has 0 aliphatic rings. The molecule has 0 spiro atoms. The first-order valence-corrected chi connectivity index (χ1v) is 10.3. The molecule has 3 rings (SSSR count). The van der Waals surface area contributed by atoms with Gasteiger partial charge in [-0.25, -0.2) is 8.78 Å². The minimum absolute atomic E-state index is 0.0972. The lowest BCUT2D eigenvalue weighted by molar-refractivity contribution is 0.0932. The molecule has 0 saturated heterocycles. The Morgan fingerprint density at radius 1 is 1.10 bits per heavy atom. The van der Waals surface area contributed by atoms with Crippen LogP contribution in [-0.2, 0) is 6.54 Å². The van der Waals surface area contributed by atoms with E-state index in [0.29, 0.717) is 12.2 Å². The molecule has 3 aromatic rings. The highest BCUT2D eigenvalue weighted by molar-refractivity contribution is 5.97. The van der Waals surface area contributed by atoms with Crippen LogP contribution in [0.1, 0.15) is 49.0 Å². The number of pyridine rings is 1. The first-order chi connectivity index (χ1) is 14.9. The van der Waals surface area contributed by atoms with Crippen LogP contribution in [0, 0.1) is 11.6 Å². The smallest absolute Gasteiger partial charge is 0.256 e. The van der Waals surface area contributed by atoms with Gasteiger partial charge in [-0.2, -0.15) is 0 Å². The fourth-order valence-corrected chi connectivity index (χ4v) is 3.66. The number of hydrogen-bond donors (Lipinski definition) is 1. The summed E-state index contributed by atoms with van der Waals surface area (Å²) in [7, 11) is 1.55. The van der Waals surface area contributed by atoms with Crippen molar-refractivity contribution in [2.75, 3.05) is 7.11 Å². The van der Waals surface area contributed by atoms with Crippen molar-refractivity contribution >= 4 is 16.8 Å². The first kappa shape index (κ1) is 22.5. The maximum absolute atomic E-state index is 14.7. The van der Waals surface area contributed by atoms with Crippen LogP contribution in [0.15, 0.2) is 47.4 Å². The summed E-state index contributed by atoms with van der Waals surface area (Å²) >= 11 is 0. The summed E-state index contributed by atoms with van der Waals surface area (Å²) in [4.78, 5) is 25.8. The van der Waals surface area contributed by atoms with Crippen LogP contribution in [0.25, 0.3) is 10.9 Å². The quantitative estimate of drug-likeness (QED) is 0.568. The molecular formula is C24H26F2N2O3. The number of fused-ring (bicyclic) bond motifs is 1. The van der Waals surface area contributed by atoms with Gasteiger partial charge < -0.3 is 14.6 Å². The van der Waals surface area contributed by atoms with Gasteiger partial charge in [0, 0.05) is 18.8 Å². The molecule has 0 fully saturated rings. The number of carbonyl (C=O) groups is 1. The highest BCUT2D eigenvalue weighted by Crippen LogP contribution is 2.21. The van der Waals surface area contributed by atoms with E-state index >= 15 is 0 Å². The number of benzene rings is 2. The topological polar surface area (TPSA) is 60.3 Å². The number of ether oxygens (including phenoxy) is 1. The van der Waals surface area contributed by atoms with E-state index in [1.54, 1.807) is 31.4 Å². The maximum atomic E-state index is 14.7. The Morgan fingerprint density at radius 2 is 1.77 bits per heavy atom. The Hall–Kier alpha value is -3.22. The van der Waals surface area contributed by atoms with E-state index in [-0.39, 0.29) is 23.7 Å². The number of amides is 1. The van der Waals surface area contributed by atoms with Gasteiger partial charge in [0.2, 0.25) is 5.43 Å². The summed E-state index contributed by atoms with van der Waals surface area (Å²) in [5, 5.41) is 2.42. The second-order valence-electron chi connectivity index (χ2n) is 7.47. The van der Waals surface area contributed by atoms with Gasteiger partial charge in [-0.1, -0.05) is 32.4 Å². The van der Waals surface area contributed by atoms with Crippen molar-refractivity contribution in [3.8, 4) is 5.75 Å². The Bertz CT molecular complexity index is 1140. The molecule has 31 heavy (non-hydrogen) atoms. The van der Waals surface area contributed by atoms with Crippen molar-refractivity contribution in [2.45, 2.75) is 45.7 Å². The zero-order valence-corrected chi connectivity index (χ0v) is 17.9. The van der Waals surface area contributed by atoms with Gasteiger partial charge in [0.25, 0.3) is 5.91 Å². The zero-order chi connectivity index (χ0) is 22.5. The molecule has 1 atom stereocenters. The Morgan fingerprint density at radius 3 is 2.39 bits per heavy atom. The molecule has 1 heterocycles. The molecule has 0 bridgehead atoms. The van der Waals surface area contributed by atoms with Crippen molar-refractivity contribution in [1.29, 1.82) is 0 Å². The SMILES string of the molecule is CCCC(CC)NC(=O)c1cn(Cc2ccc(OC)cc2)c2c(F)ccc(F)c2c1=O. The monoisotopic (exact) mass is 428 g/mol. The second-order valence-corrected chi connectivity index (χ2v) is 7.47. The molecule has 7 heteroatoms. The van der Waals surface area contributed by atoms with Crippen LogP contribution in [-0.4, -0.2) is 23.6 Å². The number of nitrogens with one attached hydrogen (secondary N) is 1. The molecule has 1 amide bonds. The predicted molar refractivity (Wildman–Crippen MR) is 117 cm³/mol. The van der Waals surface area contributed by atoms with Gasteiger partial charge in [-0.15, -0.1) is 0 Å². The van der Waals surface area contributed by atoms with E-state index < -0.39 is 28.4 Å². The third kappa shape index (κ3) is 4.76. The number of halogens is 2. The molecule has 1 unspecified atom stereocenters. The van der Waals surface area contributed by atoms with E-state index in [1.165, 1.54) is 10.8 Å². The average Bonchev–Trinajstić information content (AvgIpc) is 2.77. The summed E-state index contributed by atoms with van der Waals surface area (Å²) in [5.41, 5.74) is -0.418.